The summed E-state index contributed by atoms with van der Waals surface area (Å²) in [5.74, 6) is -0.000663. The molecular weight excluding hydrogens is 398 g/mol. The molecule has 2 aromatic heterocycles. The van der Waals surface area contributed by atoms with Crippen LogP contribution in [0.15, 0.2) is 42.1 Å². The first kappa shape index (κ1) is 18.0. The molecule has 1 amide bonds. The van der Waals surface area contributed by atoms with Gasteiger partial charge >= 0.3 is 5.97 Å². The number of benzene rings is 1. The summed E-state index contributed by atoms with van der Waals surface area (Å²) in [6, 6.07) is 9.11. The first-order valence-corrected chi connectivity index (χ1v) is 10.0. The Labute approximate surface area is 176 Å². The van der Waals surface area contributed by atoms with Crippen LogP contribution >= 0.6 is 0 Å². The standard InChI is InChI=1S/C23H19N3O5/c1-30-13-4-3-11-5-16(24-15(11)6-13)21(28)26-10-12-9-23(12)14-7-17(22(29)31-2)25-20(14)18(27)8-19(23)26/h3-8,12,24-25H,9-10H2,1-2H3/t12-,23-/m1/s1. The van der Waals surface area contributed by atoms with E-state index in [1.807, 2.05) is 24.3 Å². The van der Waals surface area contributed by atoms with Crippen LogP contribution in [0.1, 0.15) is 43.4 Å². The van der Waals surface area contributed by atoms with Gasteiger partial charge in [-0.2, -0.15) is 0 Å². The van der Waals surface area contributed by atoms with Crippen LogP contribution in [0.2, 0.25) is 0 Å². The Morgan fingerprint density at radius 3 is 2.74 bits per heavy atom. The molecule has 1 spiro atoms. The summed E-state index contributed by atoms with van der Waals surface area (Å²) in [6.45, 7) is 0.537. The number of hydrogen-bond acceptors (Lipinski definition) is 5. The molecule has 3 aromatic rings. The molecule has 31 heavy (non-hydrogen) atoms. The van der Waals surface area contributed by atoms with Crippen LogP contribution in [0.25, 0.3) is 10.9 Å². The fraction of sp³-hybridized carbons (Fsp3) is 0.261. The van der Waals surface area contributed by atoms with Gasteiger partial charge in [-0.3, -0.25) is 9.59 Å². The number of ketones is 1. The maximum absolute atomic E-state index is 13.4. The Hall–Kier alpha value is -3.81. The number of esters is 1. The van der Waals surface area contributed by atoms with E-state index in [9.17, 15) is 14.4 Å². The molecule has 6 rings (SSSR count). The molecule has 1 aromatic carbocycles. The number of carbonyl (C=O) groups is 3. The SMILES string of the molecule is COC(=O)c1cc2c([nH]1)C(=O)C=C1N(C(=O)c3cc4ccc(OC)cc4[nH]3)C[C@H]3C[C@]123. The van der Waals surface area contributed by atoms with Gasteiger partial charge in [-0.25, -0.2) is 4.79 Å². The molecule has 0 bridgehead atoms. The highest BCUT2D eigenvalue weighted by molar-refractivity contribution is 6.10. The number of rotatable bonds is 3. The number of amides is 1. The average Bonchev–Trinajstić information content (AvgIpc) is 3.14. The molecule has 3 heterocycles. The van der Waals surface area contributed by atoms with Gasteiger partial charge in [0.15, 0.2) is 0 Å². The molecule has 2 fully saturated rings. The van der Waals surface area contributed by atoms with Gasteiger partial charge in [0.2, 0.25) is 5.78 Å². The van der Waals surface area contributed by atoms with Crippen molar-refractivity contribution in [2.75, 3.05) is 20.8 Å². The van der Waals surface area contributed by atoms with E-state index in [2.05, 4.69) is 9.97 Å². The van der Waals surface area contributed by atoms with E-state index in [1.54, 1.807) is 18.1 Å². The van der Waals surface area contributed by atoms with Crippen LogP contribution in [0.4, 0.5) is 0 Å². The molecule has 2 atom stereocenters. The topological polar surface area (TPSA) is 104 Å². The third-order valence-electron chi connectivity index (χ3n) is 6.78. The van der Waals surface area contributed by atoms with Crippen molar-refractivity contribution in [2.45, 2.75) is 11.8 Å². The number of methoxy groups -OCH3 is 2. The molecule has 8 nitrogen and oxygen atoms in total. The van der Waals surface area contributed by atoms with Crippen LogP contribution in [0.5, 0.6) is 5.75 Å². The van der Waals surface area contributed by atoms with Crippen molar-refractivity contribution in [3.63, 3.8) is 0 Å². The highest BCUT2D eigenvalue weighted by Gasteiger charge is 2.67. The zero-order valence-corrected chi connectivity index (χ0v) is 16.9. The van der Waals surface area contributed by atoms with Crippen LogP contribution in [0, 0.1) is 5.92 Å². The molecule has 2 aliphatic carbocycles. The Bertz CT molecular complexity index is 1350. The predicted molar refractivity (Wildman–Crippen MR) is 110 cm³/mol. The Morgan fingerprint density at radius 1 is 1.13 bits per heavy atom. The third kappa shape index (κ3) is 2.27. The number of ether oxygens (including phenoxy) is 2. The number of fused-ring (bicyclic) bond motifs is 2. The first-order valence-electron chi connectivity index (χ1n) is 10.0. The molecule has 156 valence electrons. The van der Waals surface area contributed by atoms with Crippen molar-refractivity contribution >= 4 is 28.6 Å². The Balaban J connectivity index is 1.38. The maximum atomic E-state index is 13.4. The van der Waals surface area contributed by atoms with Gasteiger partial charge in [-0.15, -0.1) is 0 Å². The lowest BCUT2D eigenvalue weighted by Crippen LogP contribution is -2.33. The van der Waals surface area contributed by atoms with Gasteiger partial charge in [0.1, 0.15) is 17.1 Å². The smallest absolute Gasteiger partial charge is 0.354 e. The predicted octanol–water partition coefficient (Wildman–Crippen LogP) is 2.79. The molecule has 1 aliphatic heterocycles. The fourth-order valence-electron chi connectivity index (χ4n) is 5.20. The number of hydrogen-bond donors (Lipinski definition) is 2. The van der Waals surface area contributed by atoms with Gasteiger partial charge in [0.05, 0.1) is 19.9 Å². The molecule has 1 saturated carbocycles. The normalized spacial score (nSPS) is 23.2. The number of nitrogens with one attached hydrogen (secondary N) is 2. The number of aromatic nitrogens is 2. The van der Waals surface area contributed by atoms with E-state index in [4.69, 9.17) is 9.47 Å². The summed E-state index contributed by atoms with van der Waals surface area (Å²) in [5, 5.41) is 0.910. The lowest BCUT2D eigenvalue weighted by molar-refractivity contribution is 0.0594. The summed E-state index contributed by atoms with van der Waals surface area (Å²) >= 11 is 0. The number of likely N-dealkylation sites (tertiary alicyclic amines) is 1. The van der Waals surface area contributed by atoms with Gasteiger partial charge in [0.25, 0.3) is 5.91 Å². The van der Waals surface area contributed by atoms with Crippen molar-refractivity contribution in [3.8, 4) is 5.75 Å². The van der Waals surface area contributed by atoms with Crippen LogP contribution in [-0.2, 0) is 10.2 Å². The summed E-state index contributed by atoms with van der Waals surface area (Å²) in [6.07, 6.45) is 2.39. The quantitative estimate of drug-likeness (QED) is 0.638. The van der Waals surface area contributed by atoms with Gasteiger partial charge in [-0.1, -0.05) is 0 Å². The molecule has 1 saturated heterocycles. The fourth-order valence-corrected chi connectivity index (χ4v) is 5.20. The summed E-state index contributed by atoms with van der Waals surface area (Å²) in [5.41, 5.74) is 3.05. The van der Waals surface area contributed by atoms with Crippen molar-refractivity contribution in [1.82, 2.24) is 14.9 Å². The second-order valence-corrected chi connectivity index (χ2v) is 8.28. The molecule has 3 aliphatic rings. The van der Waals surface area contributed by atoms with Crippen molar-refractivity contribution < 1.29 is 23.9 Å². The molecule has 0 unspecified atom stereocenters. The zero-order chi connectivity index (χ0) is 21.5. The largest absolute Gasteiger partial charge is 0.497 e. The summed E-state index contributed by atoms with van der Waals surface area (Å²) in [4.78, 5) is 46.0. The van der Waals surface area contributed by atoms with E-state index in [0.717, 1.165) is 22.9 Å². The number of H-pyrrole nitrogens is 2. The Morgan fingerprint density at radius 2 is 1.97 bits per heavy atom. The summed E-state index contributed by atoms with van der Waals surface area (Å²) in [7, 11) is 2.90. The minimum Gasteiger partial charge on any atom is -0.497 e. The number of aromatic amines is 2. The van der Waals surface area contributed by atoms with Gasteiger partial charge in [-0.05, 0) is 42.2 Å². The number of piperidine rings is 1. The second-order valence-electron chi connectivity index (χ2n) is 8.28. The number of allylic oxidation sites excluding steroid dienone is 2. The third-order valence-corrected chi connectivity index (χ3v) is 6.78. The number of carbonyl (C=O) groups excluding carboxylic acids is 3. The highest BCUT2D eigenvalue weighted by Crippen LogP contribution is 2.66. The number of nitrogens with zero attached hydrogens (tertiary/aromatic N) is 1. The van der Waals surface area contributed by atoms with Crippen LogP contribution in [0.3, 0.4) is 0 Å². The summed E-state index contributed by atoms with van der Waals surface area (Å²) < 4.78 is 10.0. The Kier molecular flexibility index (Phi) is 3.41. The second kappa shape index (κ2) is 5.87. The lowest BCUT2D eigenvalue weighted by Gasteiger charge is -2.27. The van der Waals surface area contributed by atoms with Gasteiger partial charge < -0.3 is 24.3 Å². The monoisotopic (exact) mass is 417 g/mol. The van der Waals surface area contributed by atoms with E-state index < -0.39 is 11.4 Å². The molecule has 8 heteroatoms. The van der Waals surface area contributed by atoms with Crippen LogP contribution in [-0.4, -0.2) is 53.3 Å². The zero-order valence-electron chi connectivity index (χ0n) is 16.9. The maximum Gasteiger partial charge on any atom is 0.354 e. The van der Waals surface area contributed by atoms with E-state index in [-0.39, 0.29) is 23.3 Å². The van der Waals surface area contributed by atoms with Crippen LogP contribution < -0.4 is 4.74 Å². The van der Waals surface area contributed by atoms with Gasteiger partial charge in [0, 0.05) is 40.7 Å². The van der Waals surface area contributed by atoms with E-state index >= 15 is 0 Å². The van der Waals surface area contributed by atoms with E-state index in [0.29, 0.717) is 29.4 Å². The van der Waals surface area contributed by atoms with Crippen molar-refractivity contribution in [3.05, 3.63) is 64.8 Å². The molecule has 2 N–H and O–H groups in total. The lowest BCUT2D eigenvalue weighted by atomic mass is 9.85. The molecule has 0 radical (unpaired) electrons. The minimum absolute atomic E-state index is 0.173. The average molecular weight is 417 g/mol. The van der Waals surface area contributed by atoms with Crippen molar-refractivity contribution in [1.29, 1.82) is 0 Å². The first-order chi connectivity index (χ1) is 15.0. The minimum atomic E-state index is -0.517. The van der Waals surface area contributed by atoms with E-state index in [1.165, 1.54) is 13.2 Å². The molecular formula is C23H19N3O5. The van der Waals surface area contributed by atoms with Crippen molar-refractivity contribution in [2.24, 2.45) is 5.92 Å². The highest BCUT2D eigenvalue weighted by atomic mass is 16.5.